The van der Waals surface area contributed by atoms with E-state index in [2.05, 4.69) is 68.4 Å². The highest BCUT2D eigenvalue weighted by Gasteiger charge is 2.22. The Morgan fingerprint density at radius 3 is 2.26 bits per heavy atom. The fraction of sp³-hybridized carbons (Fsp3) is 0.480. The van der Waals surface area contributed by atoms with Crippen LogP contribution in [0.5, 0.6) is 0 Å². The maximum Gasteiger partial charge on any atom is 0.128 e. The van der Waals surface area contributed by atoms with E-state index in [0.717, 1.165) is 36.7 Å². The molecule has 1 aromatic carbocycles. The monoisotopic (exact) mass is 424 g/mol. The second-order valence-electron chi connectivity index (χ2n) is 7.40. The van der Waals surface area contributed by atoms with Gasteiger partial charge in [0.2, 0.25) is 0 Å². The lowest BCUT2D eigenvalue weighted by Gasteiger charge is -2.32. The van der Waals surface area contributed by atoms with Gasteiger partial charge in [0.15, 0.2) is 0 Å². The summed E-state index contributed by atoms with van der Waals surface area (Å²) < 4.78 is 0. The third-order valence-corrected chi connectivity index (χ3v) is 5.41. The zero-order valence-electron chi connectivity index (χ0n) is 20.3. The normalized spacial score (nSPS) is 16.2. The van der Waals surface area contributed by atoms with Gasteiger partial charge in [-0.1, -0.05) is 26.8 Å². The quantitative estimate of drug-likeness (QED) is 0.567. The highest BCUT2D eigenvalue weighted by atomic mass is 15.2. The molecule has 1 unspecified atom stereocenters. The number of aromatic nitrogens is 1. The van der Waals surface area contributed by atoms with Crippen molar-refractivity contribution in [2.75, 3.05) is 56.8 Å². The molecular formula is C25H40N6. The van der Waals surface area contributed by atoms with E-state index >= 15 is 0 Å². The summed E-state index contributed by atoms with van der Waals surface area (Å²) in [5.74, 6) is 1.08. The predicted octanol–water partition coefficient (Wildman–Crippen LogP) is 4.48. The van der Waals surface area contributed by atoms with Crippen LogP contribution < -0.4 is 26.2 Å². The number of hydrogen-bond donors (Lipinski definition) is 4. The molecule has 4 rings (SSSR count). The molecule has 1 atom stereocenters. The number of aryl methyl sites for hydroxylation is 1. The summed E-state index contributed by atoms with van der Waals surface area (Å²) in [6.07, 6.45) is 6.53. The number of nitrogens with zero attached hydrogens (tertiary/aromatic N) is 2. The molecule has 6 nitrogen and oxygen atoms in total. The van der Waals surface area contributed by atoms with Gasteiger partial charge >= 0.3 is 0 Å². The predicted molar refractivity (Wildman–Crippen MR) is 136 cm³/mol. The number of hydrogen-bond acceptors (Lipinski definition) is 6. The Kier molecular flexibility index (Phi) is 9.66. The molecule has 2 aliphatic heterocycles. The number of benzene rings is 1. The Hall–Kier alpha value is -2.73. The van der Waals surface area contributed by atoms with E-state index in [-0.39, 0.29) is 6.04 Å². The van der Waals surface area contributed by atoms with E-state index in [0.29, 0.717) is 0 Å². The van der Waals surface area contributed by atoms with Gasteiger partial charge in [-0.25, -0.2) is 4.98 Å². The Morgan fingerprint density at radius 2 is 1.77 bits per heavy atom. The SMILES string of the molecule is CC.CCc1cc2c(cc1NC)NC(c1ccc(N3CCC3)nc1)C=C2NC.CNC. The maximum atomic E-state index is 4.67. The van der Waals surface area contributed by atoms with Gasteiger partial charge in [-0.2, -0.15) is 0 Å². The van der Waals surface area contributed by atoms with Crippen molar-refractivity contribution in [3.05, 3.63) is 53.2 Å². The lowest BCUT2D eigenvalue weighted by atomic mass is 9.95. The lowest BCUT2D eigenvalue weighted by molar-refractivity contribution is 0.609. The van der Waals surface area contributed by atoms with Gasteiger partial charge in [-0.3, -0.25) is 0 Å². The summed E-state index contributed by atoms with van der Waals surface area (Å²) >= 11 is 0. The van der Waals surface area contributed by atoms with Crippen LogP contribution in [0.25, 0.3) is 5.70 Å². The van der Waals surface area contributed by atoms with E-state index < -0.39 is 0 Å². The summed E-state index contributed by atoms with van der Waals surface area (Å²) in [6, 6.07) is 8.93. The number of anilines is 3. The molecule has 0 amide bonds. The first-order valence-corrected chi connectivity index (χ1v) is 11.5. The molecule has 3 heterocycles. The molecule has 31 heavy (non-hydrogen) atoms. The Morgan fingerprint density at radius 1 is 1.06 bits per heavy atom. The fourth-order valence-corrected chi connectivity index (χ4v) is 3.69. The van der Waals surface area contributed by atoms with Crippen molar-refractivity contribution in [3.63, 3.8) is 0 Å². The zero-order chi connectivity index (χ0) is 22.8. The number of pyridine rings is 1. The highest BCUT2D eigenvalue weighted by molar-refractivity contribution is 5.83. The first-order chi connectivity index (χ1) is 15.1. The maximum absolute atomic E-state index is 4.67. The van der Waals surface area contributed by atoms with E-state index in [4.69, 9.17) is 0 Å². The molecule has 0 aliphatic carbocycles. The topological polar surface area (TPSA) is 64.2 Å². The standard InChI is InChI=1S/C21H27N5.C2H7N.C2H6/c1-4-14-10-16-19(23-3)12-18(25-20(16)11-17(14)22-2)15-6-7-21(24-13-15)26-8-5-9-26;1-3-2;1-2/h6-7,10-13,18,22-23,25H,4-5,8-9H2,1-3H3;3H,1-2H3;1-2H3. The van der Waals surface area contributed by atoms with Gasteiger partial charge in [0, 0.05) is 56.0 Å². The minimum atomic E-state index is 0.111. The molecule has 2 aromatic rings. The van der Waals surface area contributed by atoms with Crippen molar-refractivity contribution in [1.29, 1.82) is 0 Å². The van der Waals surface area contributed by atoms with E-state index in [1.54, 1.807) is 0 Å². The van der Waals surface area contributed by atoms with E-state index in [1.165, 1.54) is 28.8 Å². The van der Waals surface area contributed by atoms with Crippen molar-refractivity contribution in [1.82, 2.24) is 15.6 Å². The molecule has 0 saturated carbocycles. The lowest BCUT2D eigenvalue weighted by Crippen LogP contribution is -2.37. The Bertz CT molecular complexity index is 840. The summed E-state index contributed by atoms with van der Waals surface area (Å²) in [5.41, 5.74) is 7.22. The van der Waals surface area contributed by atoms with Crippen molar-refractivity contribution >= 4 is 22.9 Å². The molecule has 170 valence electrons. The van der Waals surface area contributed by atoms with Gasteiger partial charge in [0.25, 0.3) is 0 Å². The summed E-state index contributed by atoms with van der Waals surface area (Å²) in [7, 11) is 7.72. The van der Waals surface area contributed by atoms with Gasteiger partial charge in [0.05, 0.1) is 6.04 Å². The minimum absolute atomic E-state index is 0.111. The molecule has 1 aromatic heterocycles. The van der Waals surface area contributed by atoms with Gasteiger partial charge in [-0.15, -0.1) is 0 Å². The molecule has 1 fully saturated rings. The van der Waals surface area contributed by atoms with Crippen LogP contribution in [0.1, 0.15) is 49.9 Å². The smallest absolute Gasteiger partial charge is 0.128 e. The average Bonchev–Trinajstić information content (AvgIpc) is 2.78. The summed E-state index contributed by atoms with van der Waals surface area (Å²) in [6.45, 7) is 8.44. The van der Waals surface area contributed by atoms with Crippen LogP contribution in [-0.4, -0.2) is 46.3 Å². The van der Waals surface area contributed by atoms with Crippen LogP contribution in [0.4, 0.5) is 17.2 Å². The van der Waals surface area contributed by atoms with Crippen LogP contribution in [-0.2, 0) is 6.42 Å². The molecule has 0 radical (unpaired) electrons. The third-order valence-electron chi connectivity index (χ3n) is 5.41. The minimum Gasteiger partial charge on any atom is -0.388 e. The van der Waals surface area contributed by atoms with Crippen LogP contribution in [0, 0.1) is 0 Å². The molecule has 0 spiro atoms. The molecular weight excluding hydrogens is 384 g/mol. The zero-order valence-corrected chi connectivity index (χ0v) is 20.3. The van der Waals surface area contributed by atoms with Gasteiger partial charge in [-0.05, 0) is 62.3 Å². The van der Waals surface area contributed by atoms with Crippen molar-refractivity contribution in [2.45, 2.75) is 39.7 Å². The van der Waals surface area contributed by atoms with Crippen molar-refractivity contribution < 1.29 is 0 Å². The Balaban J connectivity index is 0.000000630. The summed E-state index contributed by atoms with van der Waals surface area (Å²) in [4.78, 5) is 6.98. The fourth-order valence-electron chi connectivity index (χ4n) is 3.69. The third kappa shape index (κ3) is 5.70. The molecule has 0 bridgehead atoms. The number of fused-ring (bicyclic) bond motifs is 1. The summed E-state index contributed by atoms with van der Waals surface area (Å²) in [5, 5.41) is 13.1. The van der Waals surface area contributed by atoms with Crippen molar-refractivity contribution in [3.8, 4) is 0 Å². The number of nitrogens with one attached hydrogen (secondary N) is 4. The van der Waals surface area contributed by atoms with Gasteiger partial charge in [0.1, 0.15) is 5.82 Å². The van der Waals surface area contributed by atoms with E-state index in [9.17, 15) is 0 Å². The average molecular weight is 425 g/mol. The first-order valence-electron chi connectivity index (χ1n) is 11.5. The highest BCUT2D eigenvalue weighted by Crippen LogP contribution is 2.37. The second-order valence-corrected chi connectivity index (χ2v) is 7.40. The van der Waals surface area contributed by atoms with Crippen molar-refractivity contribution in [2.24, 2.45) is 0 Å². The Labute approximate surface area is 188 Å². The van der Waals surface area contributed by atoms with Gasteiger partial charge < -0.3 is 26.2 Å². The molecule has 6 heteroatoms. The first kappa shape index (κ1) is 24.5. The largest absolute Gasteiger partial charge is 0.388 e. The van der Waals surface area contributed by atoms with Crippen LogP contribution >= 0.6 is 0 Å². The molecule has 1 saturated heterocycles. The molecule has 2 aliphatic rings. The second kappa shape index (κ2) is 12.2. The molecule has 4 N–H and O–H groups in total. The van der Waals surface area contributed by atoms with Crippen LogP contribution in [0.3, 0.4) is 0 Å². The number of rotatable bonds is 5. The van der Waals surface area contributed by atoms with E-state index in [1.807, 2.05) is 48.2 Å². The van der Waals surface area contributed by atoms with Crippen LogP contribution in [0.2, 0.25) is 0 Å². The van der Waals surface area contributed by atoms with Crippen LogP contribution in [0.15, 0.2) is 36.5 Å².